The molecule has 1 aliphatic rings. The Morgan fingerprint density at radius 3 is 2.52 bits per heavy atom. The minimum Gasteiger partial charge on any atom is -0.346 e. The SMILES string of the molecule is CCOC(OCC)c1nc2c(c(=O)[nH]1)CN(C(=O)c1ccc([N+](=O)[O-])cc1)CC2. The third kappa shape index (κ3) is 4.49. The first-order chi connectivity index (χ1) is 13.9. The van der Waals surface area contributed by atoms with E-state index in [4.69, 9.17) is 9.47 Å². The van der Waals surface area contributed by atoms with E-state index in [-0.39, 0.29) is 23.7 Å². The van der Waals surface area contributed by atoms with E-state index in [0.717, 1.165) is 0 Å². The lowest BCUT2D eigenvalue weighted by atomic mass is 10.1. The smallest absolute Gasteiger partial charge is 0.269 e. The number of carbonyl (C=O) groups excluding carboxylic acids is 1. The zero-order valence-electron chi connectivity index (χ0n) is 16.2. The Bertz CT molecular complexity index is 950. The summed E-state index contributed by atoms with van der Waals surface area (Å²) < 4.78 is 11.0. The number of aromatic nitrogens is 2. The Kier molecular flexibility index (Phi) is 6.35. The van der Waals surface area contributed by atoms with Gasteiger partial charge in [-0.3, -0.25) is 19.7 Å². The number of hydrogen-bond donors (Lipinski definition) is 1. The number of non-ortho nitro benzene ring substituents is 1. The van der Waals surface area contributed by atoms with Crippen molar-refractivity contribution >= 4 is 11.6 Å². The number of nitrogens with one attached hydrogen (secondary N) is 1. The Morgan fingerprint density at radius 2 is 1.93 bits per heavy atom. The molecule has 0 radical (unpaired) electrons. The third-order valence-corrected chi connectivity index (χ3v) is 4.56. The van der Waals surface area contributed by atoms with Crippen LogP contribution in [0.2, 0.25) is 0 Å². The average molecular weight is 402 g/mol. The van der Waals surface area contributed by atoms with Crippen LogP contribution in [0.15, 0.2) is 29.1 Å². The summed E-state index contributed by atoms with van der Waals surface area (Å²) in [6.45, 7) is 4.95. The number of fused-ring (bicyclic) bond motifs is 1. The molecule has 1 aromatic heterocycles. The Hall–Kier alpha value is -3.11. The highest BCUT2D eigenvalue weighted by Crippen LogP contribution is 2.21. The second-order valence-corrected chi connectivity index (χ2v) is 6.40. The summed E-state index contributed by atoms with van der Waals surface area (Å²) in [6.07, 6.45) is -0.335. The van der Waals surface area contributed by atoms with Crippen molar-refractivity contribution in [1.82, 2.24) is 14.9 Å². The number of nitrogens with zero attached hydrogens (tertiary/aromatic N) is 3. The highest BCUT2D eigenvalue weighted by Gasteiger charge is 2.27. The molecule has 2 aromatic rings. The van der Waals surface area contributed by atoms with Crippen LogP contribution in [0.1, 0.15) is 47.6 Å². The van der Waals surface area contributed by atoms with Gasteiger partial charge in [-0.05, 0) is 26.0 Å². The first-order valence-electron chi connectivity index (χ1n) is 9.33. The minimum absolute atomic E-state index is 0.0862. The number of nitro groups is 1. The van der Waals surface area contributed by atoms with E-state index in [1.807, 2.05) is 13.8 Å². The summed E-state index contributed by atoms with van der Waals surface area (Å²) in [5, 5.41) is 10.8. The van der Waals surface area contributed by atoms with E-state index in [1.165, 1.54) is 29.2 Å². The standard InChI is InChI=1S/C19H22N4O6/c1-3-28-19(29-4-2)16-20-15-9-10-22(11-14(15)17(24)21-16)18(25)12-5-7-13(8-6-12)23(26)27/h5-8,19H,3-4,9-11H2,1-2H3,(H,20,21,24). The van der Waals surface area contributed by atoms with Gasteiger partial charge in [0.15, 0.2) is 5.82 Å². The molecule has 0 fully saturated rings. The van der Waals surface area contributed by atoms with Crippen LogP contribution >= 0.6 is 0 Å². The Morgan fingerprint density at radius 1 is 1.28 bits per heavy atom. The van der Waals surface area contributed by atoms with Crippen molar-refractivity contribution in [2.24, 2.45) is 0 Å². The van der Waals surface area contributed by atoms with Gasteiger partial charge in [-0.1, -0.05) is 0 Å². The maximum Gasteiger partial charge on any atom is 0.269 e. The second-order valence-electron chi connectivity index (χ2n) is 6.40. The van der Waals surface area contributed by atoms with E-state index in [1.54, 1.807) is 0 Å². The Balaban J connectivity index is 1.81. The van der Waals surface area contributed by atoms with Crippen LogP contribution < -0.4 is 5.56 Å². The van der Waals surface area contributed by atoms with Crippen molar-refractivity contribution in [3.8, 4) is 0 Å². The molecule has 1 amide bonds. The minimum atomic E-state index is -0.747. The van der Waals surface area contributed by atoms with Crippen LogP contribution in [0.3, 0.4) is 0 Å². The predicted octanol–water partition coefficient (Wildman–Crippen LogP) is 1.95. The normalized spacial score (nSPS) is 13.4. The van der Waals surface area contributed by atoms with Crippen molar-refractivity contribution < 1.29 is 19.2 Å². The molecular weight excluding hydrogens is 380 g/mol. The van der Waals surface area contributed by atoms with Gasteiger partial charge >= 0.3 is 0 Å². The molecule has 0 saturated heterocycles. The summed E-state index contributed by atoms with van der Waals surface area (Å²) in [4.78, 5) is 44.3. The van der Waals surface area contributed by atoms with Crippen LogP contribution in [-0.2, 0) is 22.4 Å². The molecule has 0 atom stereocenters. The quantitative estimate of drug-likeness (QED) is 0.426. The molecular formula is C19H22N4O6. The molecule has 0 spiro atoms. The first-order valence-corrected chi connectivity index (χ1v) is 9.33. The van der Waals surface area contributed by atoms with Crippen LogP contribution in [0, 0.1) is 10.1 Å². The number of nitro benzene ring substituents is 1. The van der Waals surface area contributed by atoms with E-state index in [2.05, 4.69) is 9.97 Å². The number of aromatic amines is 1. The molecule has 3 rings (SSSR count). The fourth-order valence-electron chi connectivity index (χ4n) is 3.15. The highest BCUT2D eigenvalue weighted by atomic mass is 16.7. The van der Waals surface area contributed by atoms with Gasteiger partial charge in [-0.2, -0.15) is 0 Å². The van der Waals surface area contributed by atoms with Crippen molar-refractivity contribution in [2.75, 3.05) is 19.8 Å². The zero-order chi connectivity index (χ0) is 21.0. The number of rotatable bonds is 7. The maximum atomic E-state index is 12.7. The van der Waals surface area contributed by atoms with E-state index >= 15 is 0 Å². The lowest BCUT2D eigenvalue weighted by molar-refractivity contribution is -0.384. The molecule has 154 valence electrons. The molecule has 1 N–H and O–H groups in total. The molecule has 10 nitrogen and oxygen atoms in total. The number of benzene rings is 1. The summed E-state index contributed by atoms with van der Waals surface area (Å²) in [6, 6.07) is 5.40. The summed E-state index contributed by atoms with van der Waals surface area (Å²) in [5.41, 5.74) is 0.934. The van der Waals surface area contributed by atoms with Gasteiger partial charge in [0.05, 0.1) is 22.7 Å². The van der Waals surface area contributed by atoms with Gasteiger partial charge in [0, 0.05) is 43.9 Å². The van der Waals surface area contributed by atoms with Crippen LogP contribution in [-0.4, -0.2) is 45.5 Å². The van der Waals surface area contributed by atoms with Crippen LogP contribution in [0.4, 0.5) is 5.69 Å². The molecule has 1 aliphatic heterocycles. The predicted molar refractivity (Wildman–Crippen MR) is 102 cm³/mol. The van der Waals surface area contributed by atoms with Gasteiger partial charge in [0.25, 0.3) is 17.2 Å². The Labute approximate surface area is 166 Å². The van der Waals surface area contributed by atoms with Crippen LogP contribution in [0.25, 0.3) is 0 Å². The average Bonchev–Trinajstić information content (AvgIpc) is 2.73. The number of H-pyrrole nitrogens is 1. The largest absolute Gasteiger partial charge is 0.346 e. The molecule has 1 aromatic carbocycles. The lowest BCUT2D eigenvalue weighted by Crippen LogP contribution is -2.40. The number of ether oxygens (including phenoxy) is 2. The lowest BCUT2D eigenvalue weighted by Gasteiger charge is -2.28. The number of carbonyl (C=O) groups is 1. The third-order valence-electron chi connectivity index (χ3n) is 4.56. The summed E-state index contributed by atoms with van der Waals surface area (Å²) in [7, 11) is 0. The molecule has 0 aliphatic carbocycles. The molecule has 2 heterocycles. The molecule has 0 unspecified atom stereocenters. The van der Waals surface area contributed by atoms with Crippen LogP contribution in [0.5, 0.6) is 0 Å². The van der Waals surface area contributed by atoms with Gasteiger partial charge in [-0.25, -0.2) is 4.98 Å². The van der Waals surface area contributed by atoms with Crippen molar-refractivity contribution in [2.45, 2.75) is 33.1 Å². The first kappa shape index (κ1) is 20.6. The topological polar surface area (TPSA) is 128 Å². The maximum absolute atomic E-state index is 12.7. The fraction of sp³-hybridized carbons (Fsp3) is 0.421. The monoisotopic (exact) mass is 402 g/mol. The molecule has 29 heavy (non-hydrogen) atoms. The van der Waals surface area contributed by atoms with Crippen molar-refractivity contribution in [1.29, 1.82) is 0 Å². The molecule has 10 heteroatoms. The van der Waals surface area contributed by atoms with Crippen molar-refractivity contribution in [3.63, 3.8) is 0 Å². The fourth-order valence-corrected chi connectivity index (χ4v) is 3.15. The molecule has 0 saturated carbocycles. The summed E-state index contributed by atoms with van der Waals surface area (Å²) in [5.74, 6) is 0.0168. The van der Waals surface area contributed by atoms with Gasteiger partial charge in [0.2, 0.25) is 6.29 Å². The number of hydrogen-bond acceptors (Lipinski definition) is 7. The van der Waals surface area contributed by atoms with E-state index in [0.29, 0.717) is 48.8 Å². The van der Waals surface area contributed by atoms with Gasteiger partial charge < -0.3 is 19.4 Å². The van der Waals surface area contributed by atoms with Gasteiger partial charge in [0.1, 0.15) is 0 Å². The van der Waals surface area contributed by atoms with E-state index in [9.17, 15) is 19.7 Å². The number of amides is 1. The van der Waals surface area contributed by atoms with Gasteiger partial charge in [-0.15, -0.1) is 0 Å². The highest BCUT2D eigenvalue weighted by molar-refractivity contribution is 5.94. The molecule has 0 bridgehead atoms. The van der Waals surface area contributed by atoms with E-state index < -0.39 is 11.2 Å². The zero-order valence-corrected chi connectivity index (χ0v) is 16.2. The second kappa shape index (κ2) is 8.93. The van der Waals surface area contributed by atoms with Crippen molar-refractivity contribution in [3.05, 3.63) is 67.4 Å². The summed E-state index contributed by atoms with van der Waals surface area (Å²) >= 11 is 0.